The van der Waals surface area contributed by atoms with E-state index in [9.17, 15) is 24.3 Å². The van der Waals surface area contributed by atoms with Crippen molar-refractivity contribution in [3.05, 3.63) is 59.4 Å². The van der Waals surface area contributed by atoms with E-state index in [-0.39, 0.29) is 12.4 Å². The molecule has 6 nitrogen and oxygen atoms in total. The van der Waals surface area contributed by atoms with Gasteiger partial charge in [0.25, 0.3) is 0 Å². The lowest BCUT2D eigenvalue weighted by atomic mass is 9.88. The minimum atomic E-state index is -1.15. The van der Waals surface area contributed by atoms with Crippen molar-refractivity contribution in [3.8, 4) is 11.1 Å². The minimum absolute atomic E-state index is 0.117. The first kappa shape index (κ1) is 14.6. The van der Waals surface area contributed by atoms with Crippen LogP contribution in [0.2, 0.25) is 0 Å². The van der Waals surface area contributed by atoms with Crippen molar-refractivity contribution < 1.29 is 24.3 Å². The Morgan fingerprint density at radius 1 is 1.08 bits per heavy atom. The molecular formula is C17H13FN2O4. The summed E-state index contributed by atoms with van der Waals surface area (Å²) in [4.78, 5) is 24.8. The molecule has 4 rings (SSSR count). The number of amides is 2. The molecule has 0 saturated carbocycles. The predicted molar refractivity (Wildman–Crippen MR) is 80.7 cm³/mol. The number of hydrogen-bond acceptors (Lipinski definition) is 3. The molecule has 0 aliphatic carbocycles. The Bertz CT molecular complexity index is 852. The highest BCUT2D eigenvalue weighted by Gasteiger charge is 2.50. The summed E-state index contributed by atoms with van der Waals surface area (Å²) in [5, 5.41) is 20.1. The van der Waals surface area contributed by atoms with Gasteiger partial charge in [0.2, 0.25) is 0 Å². The highest BCUT2D eigenvalue weighted by atomic mass is 19.1. The van der Waals surface area contributed by atoms with Crippen LogP contribution in [0.3, 0.4) is 0 Å². The van der Waals surface area contributed by atoms with Crippen molar-refractivity contribution in [1.29, 1.82) is 0 Å². The number of carbonyl (C=O) groups is 2. The minimum Gasteiger partial charge on any atom is -0.479 e. The highest BCUT2D eigenvalue weighted by Crippen LogP contribution is 2.44. The summed E-state index contributed by atoms with van der Waals surface area (Å²) in [5.74, 6) is -1.49. The molecule has 0 aromatic heterocycles. The number of urea groups is 1. The maximum atomic E-state index is 13.1. The molecule has 2 aliphatic heterocycles. The molecule has 2 aliphatic rings. The van der Waals surface area contributed by atoms with Crippen molar-refractivity contribution >= 4 is 12.0 Å². The van der Waals surface area contributed by atoms with Crippen LogP contribution in [0, 0.1) is 5.82 Å². The smallest absolute Gasteiger partial charge is 0.345 e. The zero-order valence-electron chi connectivity index (χ0n) is 12.4. The van der Waals surface area contributed by atoms with Gasteiger partial charge in [0.05, 0.1) is 6.54 Å². The molecule has 122 valence electrons. The molecule has 2 heterocycles. The van der Waals surface area contributed by atoms with Gasteiger partial charge in [-0.2, -0.15) is 5.06 Å². The Labute approximate surface area is 136 Å². The van der Waals surface area contributed by atoms with Gasteiger partial charge in [-0.15, -0.1) is 0 Å². The van der Waals surface area contributed by atoms with Gasteiger partial charge in [0.1, 0.15) is 11.9 Å². The second-order valence-electron chi connectivity index (χ2n) is 5.89. The first-order valence-electron chi connectivity index (χ1n) is 7.38. The van der Waals surface area contributed by atoms with E-state index in [1.165, 1.54) is 12.1 Å². The van der Waals surface area contributed by atoms with Gasteiger partial charge in [-0.05, 0) is 40.5 Å². The number of carboxylic acid groups (broad SMARTS) is 1. The monoisotopic (exact) mass is 328 g/mol. The number of halogens is 1. The lowest BCUT2D eigenvalue weighted by molar-refractivity contribution is -0.142. The average molecular weight is 328 g/mol. The van der Waals surface area contributed by atoms with E-state index in [0.717, 1.165) is 16.0 Å². The fourth-order valence-electron chi connectivity index (χ4n) is 3.42. The van der Waals surface area contributed by atoms with Gasteiger partial charge in [-0.25, -0.2) is 14.0 Å². The van der Waals surface area contributed by atoms with Crippen LogP contribution >= 0.6 is 0 Å². The van der Waals surface area contributed by atoms with Crippen molar-refractivity contribution in [2.45, 2.75) is 12.1 Å². The molecule has 2 amide bonds. The van der Waals surface area contributed by atoms with Crippen LogP contribution < -0.4 is 0 Å². The van der Waals surface area contributed by atoms with Crippen molar-refractivity contribution in [2.75, 3.05) is 6.54 Å². The molecule has 2 bridgehead atoms. The summed E-state index contributed by atoms with van der Waals surface area (Å²) >= 11 is 0. The van der Waals surface area contributed by atoms with E-state index < -0.39 is 24.1 Å². The fourth-order valence-corrected chi connectivity index (χ4v) is 3.42. The summed E-state index contributed by atoms with van der Waals surface area (Å²) in [6.45, 7) is 0.117. The zero-order valence-corrected chi connectivity index (χ0v) is 12.4. The van der Waals surface area contributed by atoms with Gasteiger partial charge in [-0.3, -0.25) is 5.21 Å². The Kier molecular flexibility index (Phi) is 3.07. The Morgan fingerprint density at radius 2 is 1.75 bits per heavy atom. The lowest BCUT2D eigenvalue weighted by Crippen LogP contribution is -2.38. The van der Waals surface area contributed by atoms with E-state index >= 15 is 0 Å². The number of hydrogen-bond donors (Lipinski definition) is 2. The Balaban J connectivity index is 1.85. The first-order chi connectivity index (χ1) is 11.5. The number of rotatable bonds is 2. The van der Waals surface area contributed by atoms with E-state index in [2.05, 4.69) is 0 Å². The molecule has 2 atom stereocenters. The molecule has 7 heteroatoms. The molecule has 2 aromatic rings. The SMILES string of the molecule is O=C(O)C1c2ccc(-c3ccc(F)cc3)cc2[C@H]2CN1C(=O)N2O. The zero-order chi connectivity index (χ0) is 17.0. The maximum absolute atomic E-state index is 13.1. The number of nitrogens with zero attached hydrogens (tertiary/aromatic N) is 2. The van der Waals surface area contributed by atoms with E-state index in [1.807, 2.05) is 0 Å². The van der Waals surface area contributed by atoms with Crippen molar-refractivity contribution in [3.63, 3.8) is 0 Å². The summed E-state index contributed by atoms with van der Waals surface area (Å²) in [6.07, 6.45) is 0. The number of aliphatic carboxylic acids is 1. The van der Waals surface area contributed by atoms with Crippen molar-refractivity contribution in [2.24, 2.45) is 0 Å². The van der Waals surface area contributed by atoms with Crippen LogP contribution in [-0.2, 0) is 4.79 Å². The van der Waals surface area contributed by atoms with Crippen molar-refractivity contribution in [1.82, 2.24) is 9.96 Å². The molecule has 0 spiro atoms. The third-order valence-electron chi connectivity index (χ3n) is 4.57. The topological polar surface area (TPSA) is 81.1 Å². The average Bonchev–Trinajstić information content (AvgIpc) is 2.82. The van der Waals surface area contributed by atoms with Crippen LogP contribution in [0.5, 0.6) is 0 Å². The second kappa shape index (κ2) is 5.04. The summed E-state index contributed by atoms with van der Waals surface area (Å²) in [5.41, 5.74) is 2.60. The largest absolute Gasteiger partial charge is 0.479 e. The fraction of sp³-hybridized carbons (Fsp3) is 0.176. The Morgan fingerprint density at radius 3 is 2.42 bits per heavy atom. The van der Waals surface area contributed by atoms with Gasteiger partial charge in [0, 0.05) is 0 Å². The second-order valence-corrected chi connectivity index (χ2v) is 5.89. The number of benzene rings is 2. The summed E-state index contributed by atoms with van der Waals surface area (Å²) in [6, 6.07) is 8.62. The number of carbonyl (C=O) groups excluding carboxylic acids is 1. The van der Waals surface area contributed by atoms with Gasteiger partial charge < -0.3 is 10.0 Å². The van der Waals surface area contributed by atoms with Crippen LogP contribution in [0.1, 0.15) is 23.2 Å². The number of hydroxylamine groups is 2. The maximum Gasteiger partial charge on any atom is 0.345 e. The molecule has 2 aromatic carbocycles. The molecule has 2 N–H and O–H groups in total. The van der Waals surface area contributed by atoms with Crippen LogP contribution in [0.25, 0.3) is 11.1 Å². The number of carboxylic acids is 1. The molecule has 1 fully saturated rings. The van der Waals surface area contributed by atoms with Crippen LogP contribution in [0.4, 0.5) is 9.18 Å². The quantitative estimate of drug-likeness (QED) is 0.831. The molecular weight excluding hydrogens is 315 g/mol. The van der Waals surface area contributed by atoms with E-state index in [4.69, 9.17) is 0 Å². The first-order valence-corrected chi connectivity index (χ1v) is 7.38. The summed E-state index contributed by atoms with van der Waals surface area (Å²) in [7, 11) is 0. The molecule has 24 heavy (non-hydrogen) atoms. The number of fused-ring (bicyclic) bond motifs is 4. The van der Waals surface area contributed by atoms with Gasteiger partial charge in [-0.1, -0.05) is 24.3 Å². The van der Waals surface area contributed by atoms with E-state index in [1.54, 1.807) is 30.3 Å². The third kappa shape index (κ3) is 1.98. The van der Waals surface area contributed by atoms with E-state index in [0.29, 0.717) is 16.2 Å². The van der Waals surface area contributed by atoms with Crippen LogP contribution in [0.15, 0.2) is 42.5 Å². The third-order valence-corrected chi connectivity index (χ3v) is 4.57. The highest BCUT2D eigenvalue weighted by molar-refractivity contribution is 5.87. The summed E-state index contributed by atoms with van der Waals surface area (Å²) < 4.78 is 13.1. The van der Waals surface area contributed by atoms with Gasteiger partial charge >= 0.3 is 12.0 Å². The standard InChI is InChI=1S/C17H13FN2O4/c18-11-4-1-9(2-5-11)10-3-6-12-13(7-10)14-8-19(15(12)16(21)22)17(23)20(14)24/h1-7,14-15,24H,8H2,(H,21,22)/t14-,15?/m1/s1. The lowest BCUT2D eigenvalue weighted by Gasteiger charge is -2.30. The predicted octanol–water partition coefficient (Wildman–Crippen LogP) is 2.80. The molecule has 0 radical (unpaired) electrons. The Hall–Kier alpha value is -2.93. The molecule has 1 unspecified atom stereocenters. The van der Waals surface area contributed by atoms with Gasteiger partial charge in [0.15, 0.2) is 6.04 Å². The van der Waals surface area contributed by atoms with Crippen LogP contribution in [-0.4, -0.2) is 38.8 Å². The normalized spacial score (nSPS) is 21.8. The molecule has 1 saturated heterocycles.